The van der Waals surface area contributed by atoms with Gasteiger partial charge in [0.1, 0.15) is 17.1 Å². The van der Waals surface area contributed by atoms with Crippen molar-refractivity contribution < 1.29 is 27.8 Å². The van der Waals surface area contributed by atoms with Gasteiger partial charge in [-0.15, -0.1) is 0 Å². The van der Waals surface area contributed by atoms with Crippen LogP contribution in [0.3, 0.4) is 0 Å². The van der Waals surface area contributed by atoms with Gasteiger partial charge in [-0.05, 0) is 30.3 Å². The average molecular weight is 404 g/mol. The second kappa shape index (κ2) is 7.24. The normalized spacial score (nSPS) is 11.2. The van der Waals surface area contributed by atoms with E-state index >= 15 is 0 Å². The second-order valence-corrected chi connectivity index (χ2v) is 7.40. The van der Waals surface area contributed by atoms with Crippen LogP contribution < -0.4 is 19.6 Å². The largest absolute Gasteiger partial charge is 0.497 e. The lowest BCUT2D eigenvalue weighted by Crippen LogP contribution is -2.17. The lowest BCUT2D eigenvalue weighted by molar-refractivity contribution is 0.0695. The molecule has 9 nitrogen and oxygen atoms in total. The number of aromatic nitrogens is 1. The Balaban J connectivity index is 2.10. The Morgan fingerprint density at radius 2 is 1.86 bits per heavy atom. The number of H-pyrrole nitrogens is 1. The van der Waals surface area contributed by atoms with Gasteiger partial charge in [0.05, 0.1) is 24.8 Å². The fourth-order valence-electron chi connectivity index (χ4n) is 2.62. The van der Waals surface area contributed by atoms with Crippen molar-refractivity contribution in [1.29, 1.82) is 0 Å². The molecule has 0 spiro atoms. The number of anilines is 1. The summed E-state index contributed by atoms with van der Waals surface area (Å²) in [5.74, 6) is -0.716. The molecule has 0 saturated carbocycles. The number of benzene rings is 2. The molecule has 146 valence electrons. The third-order valence-electron chi connectivity index (χ3n) is 4.04. The Morgan fingerprint density at radius 3 is 2.50 bits per heavy atom. The summed E-state index contributed by atoms with van der Waals surface area (Å²) in [6.45, 7) is 0. The van der Waals surface area contributed by atoms with Crippen LogP contribution >= 0.6 is 0 Å². The third kappa shape index (κ3) is 3.49. The highest BCUT2D eigenvalue weighted by molar-refractivity contribution is 7.92. The number of carboxylic acid groups (broad SMARTS) is 1. The van der Waals surface area contributed by atoms with E-state index in [0.29, 0.717) is 11.3 Å². The zero-order chi connectivity index (χ0) is 20.5. The summed E-state index contributed by atoms with van der Waals surface area (Å²) < 4.78 is 38.3. The molecule has 0 radical (unpaired) electrons. The topological polar surface area (TPSA) is 135 Å². The maximum atomic E-state index is 12.8. The highest BCUT2D eigenvalue weighted by Gasteiger charge is 2.19. The number of methoxy groups -OCH3 is 2. The van der Waals surface area contributed by atoms with Gasteiger partial charge in [-0.3, -0.25) is 9.52 Å². The van der Waals surface area contributed by atoms with Crippen molar-refractivity contribution in [3.05, 3.63) is 58.4 Å². The number of fused-ring (bicyclic) bond motifs is 1. The lowest BCUT2D eigenvalue weighted by Gasteiger charge is -2.13. The summed E-state index contributed by atoms with van der Waals surface area (Å²) in [6.07, 6.45) is 1.07. The summed E-state index contributed by atoms with van der Waals surface area (Å²) in [4.78, 5) is 25.9. The Labute approximate surface area is 159 Å². The van der Waals surface area contributed by atoms with E-state index in [9.17, 15) is 18.0 Å². The number of hydrogen-bond donors (Lipinski definition) is 3. The summed E-state index contributed by atoms with van der Waals surface area (Å²) in [5.41, 5.74) is -0.801. The predicted molar refractivity (Wildman–Crippen MR) is 102 cm³/mol. The summed E-state index contributed by atoms with van der Waals surface area (Å²) in [5, 5.41) is 9.02. The zero-order valence-electron chi connectivity index (χ0n) is 14.8. The predicted octanol–water partition coefficient (Wildman–Crippen LogP) is 2.04. The van der Waals surface area contributed by atoms with E-state index in [-0.39, 0.29) is 21.7 Å². The molecule has 0 aliphatic carbocycles. The molecule has 3 N–H and O–H groups in total. The minimum atomic E-state index is -4.10. The molecule has 0 amide bonds. The van der Waals surface area contributed by atoms with Crippen LogP contribution in [0.2, 0.25) is 0 Å². The fraction of sp³-hybridized carbons (Fsp3) is 0.111. The highest BCUT2D eigenvalue weighted by Crippen LogP contribution is 2.31. The van der Waals surface area contributed by atoms with Crippen LogP contribution in [0.1, 0.15) is 10.4 Å². The van der Waals surface area contributed by atoms with Crippen molar-refractivity contribution in [3.63, 3.8) is 0 Å². The Morgan fingerprint density at radius 1 is 1.11 bits per heavy atom. The number of aromatic amines is 1. The van der Waals surface area contributed by atoms with Gasteiger partial charge in [0.15, 0.2) is 0 Å². The number of rotatable bonds is 6. The molecule has 0 bridgehead atoms. The number of nitrogens with one attached hydrogen (secondary N) is 2. The smallest absolute Gasteiger partial charge is 0.341 e. The molecule has 28 heavy (non-hydrogen) atoms. The number of pyridine rings is 1. The van der Waals surface area contributed by atoms with E-state index in [2.05, 4.69) is 9.71 Å². The van der Waals surface area contributed by atoms with Gasteiger partial charge in [-0.25, -0.2) is 13.2 Å². The number of carboxylic acids is 1. The standard InChI is InChI=1S/C18H16N2O7S/c1-26-10-3-6-16(27-2)15(7-10)20-28(24,25)11-4-5-14-12(8-11)17(21)13(9-19-14)18(22)23/h3-9,20H,1-2H3,(H,19,21)(H,22,23). The first kappa shape index (κ1) is 19.2. The molecule has 10 heteroatoms. The molecular formula is C18H16N2O7S. The van der Waals surface area contributed by atoms with Crippen LogP contribution in [0, 0.1) is 0 Å². The SMILES string of the molecule is COc1ccc(OC)c(NS(=O)(=O)c2ccc3[nH]cc(C(=O)O)c(=O)c3c2)c1. The Kier molecular flexibility index (Phi) is 4.97. The number of aromatic carboxylic acids is 1. The van der Waals surface area contributed by atoms with Crippen LogP contribution in [0.25, 0.3) is 10.9 Å². The molecule has 2 aromatic carbocycles. The van der Waals surface area contributed by atoms with Gasteiger partial charge in [-0.1, -0.05) is 0 Å². The summed E-state index contributed by atoms with van der Waals surface area (Å²) in [7, 11) is -1.27. The molecule has 0 saturated heterocycles. The van der Waals surface area contributed by atoms with Crippen LogP contribution in [0.15, 0.2) is 52.3 Å². The van der Waals surface area contributed by atoms with Gasteiger partial charge in [0.25, 0.3) is 10.0 Å². The van der Waals surface area contributed by atoms with Crippen molar-refractivity contribution in [2.45, 2.75) is 4.90 Å². The van der Waals surface area contributed by atoms with Gasteiger partial charge < -0.3 is 19.6 Å². The van der Waals surface area contributed by atoms with E-state index in [4.69, 9.17) is 14.6 Å². The van der Waals surface area contributed by atoms with E-state index in [1.54, 1.807) is 12.1 Å². The number of sulfonamides is 1. The van der Waals surface area contributed by atoms with Crippen molar-refractivity contribution >= 4 is 32.6 Å². The van der Waals surface area contributed by atoms with E-state index in [1.165, 1.54) is 32.4 Å². The minimum Gasteiger partial charge on any atom is -0.497 e. The molecule has 0 aliphatic rings. The van der Waals surface area contributed by atoms with E-state index in [0.717, 1.165) is 12.3 Å². The minimum absolute atomic E-state index is 0.0552. The van der Waals surface area contributed by atoms with Crippen molar-refractivity contribution in [2.75, 3.05) is 18.9 Å². The average Bonchev–Trinajstić information content (AvgIpc) is 2.67. The number of hydrogen-bond acceptors (Lipinski definition) is 6. The van der Waals surface area contributed by atoms with E-state index < -0.39 is 27.0 Å². The maximum Gasteiger partial charge on any atom is 0.341 e. The van der Waals surface area contributed by atoms with Gasteiger partial charge >= 0.3 is 5.97 Å². The molecule has 0 atom stereocenters. The second-order valence-electron chi connectivity index (χ2n) is 5.72. The van der Waals surface area contributed by atoms with Crippen LogP contribution in [0.5, 0.6) is 11.5 Å². The number of ether oxygens (including phenoxy) is 2. The number of carbonyl (C=O) groups is 1. The van der Waals surface area contributed by atoms with Gasteiger partial charge in [0, 0.05) is 23.2 Å². The molecule has 0 unspecified atom stereocenters. The molecule has 3 aromatic rings. The Hall–Kier alpha value is -3.53. The van der Waals surface area contributed by atoms with Crippen molar-refractivity contribution in [1.82, 2.24) is 4.98 Å². The van der Waals surface area contributed by atoms with Crippen molar-refractivity contribution in [2.24, 2.45) is 0 Å². The van der Waals surface area contributed by atoms with Crippen molar-refractivity contribution in [3.8, 4) is 11.5 Å². The van der Waals surface area contributed by atoms with Gasteiger partial charge in [0.2, 0.25) is 5.43 Å². The fourth-order valence-corrected chi connectivity index (χ4v) is 3.71. The zero-order valence-corrected chi connectivity index (χ0v) is 15.7. The molecule has 1 heterocycles. The summed E-state index contributed by atoms with van der Waals surface area (Å²) in [6, 6.07) is 8.41. The highest BCUT2D eigenvalue weighted by atomic mass is 32.2. The first-order chi connectivity index (χ1) is 13.3. The molecule has 0 aliphatic heterocycles. The summed E-state index contributed by atoms with van der Waals surface area (Å²) >= 11 is 0. The molecule has 1 aromatic heterocycles. The first-order valence-electron chi connectivity index (χ1n) is 7.90. The van der Waals surface area contributed by atoms with Crippen LogP contribution in [-0.4, -0.2) is 38.7 Å². The molecule has 3 rings (SSSR count). The molecular weight excluding hydrogens is 388 g/mol. The van der Waals surface area contributed by atoms with Crippen LogP contribution in [-0.2, 0) is 10.0 Å². The quantitative estimate of drug-likeness (QED) is 0.572. The maximum absolute atomic E-state index is 12.8. The lowest BCUT2D eigenvalue weighted by atomic mass is 10.1. The van der Waals surface area contributed by atoms with Crippen LogP contribution in [0.4, 0.5) is 5.69 Å². The van der Waals surface area contributed by atoms with E-state index in [1.807, 2.05) is 0 Å². The monoisotopic (exact) mass is 404 g/mol. The third-order valence-corrected chi connectivity index (χ3v) is 5.41. The van der Waals surface area contributed by atoms with Gasteiger partial charge in [-0.2, -0.15) is 0 Å². The molecule has 0 fully saturated rings. The first-order valence-corrected chi connectivity index (χ1v) is 9.38. The Bertz CT molecular complexity index is 1230.